The van der Waals surface area contributed by atoms with Crippen molar-refractivity contribution < 1.29 is 0 Å². The van der Waals surface area contributed by atoms with Gasteiger partial charge in [-0.1, -0.05) is 43.6 Å². The molecule has 1 rings (SSSR count). The van der Waals surface area contributed by atoms with Gasteiger partial charge in [-0.25, -0.2) is 0 Å². The maximum Gasteiger partial charge on any atom is 0.0624 e. The van der Waals surface area contributed by atoms with Crippen molar-refractivity contribution >= 4 is 15.9 Å². The summed E-state index contributed by atoms with van der Waals surface area (Å²) in [7, 11) is 0. The van der Waals surface area contributed by atoms with Crippen molar-refractivity contribution in [3.05, 3.63) is 0 Å². The average molecular weight is 272 g/mol. The Morgan fingerprint density at radius 2 is 1.93 bits per heavy atom. The first kappa shape index (κ1) is 13.0. The Bertz CT molecular complexity index is 254. The van der Waals surface area contributed by atoms with Crippen molar-refractivity contribution in [1.29, 1.82) is 5.26 Å². The third kappa shape index (κ3) is 2.56. The molecule has 0 saturated heterocycles. The molecule has 0 aromatic rings. The van der Waals surface area contributed by atoms with Gasteiger partial charge in [0.1, 0.15) is 0 Å². The summed E-state index contributed by atoms with van der Waals surface area (Å²) in [6, 6.07) is 2.37. The highest BCUT2D eigenvalue weighted by atomic mass is 79.9. The zero-order valence-electron chi connectivity index (χ0n) is 10.3. The standard InChI is InChI=1S/C13H22BrN/c1-9-5-6-12(14)13(3,4)11(7-8-15)10(9)2/h9-12H,5-7H2,1-4H3. The lowest BCUT2D eigenvalue weighted by molar-refractivity contribution is 0.139. The van der Waals surface area contributed by atoms with Gasteiger partial charge < -0.3 is 0 Å². The second kappa shape index (κ2) is 4.87. The monoisotopic (exact) mass is 271 g/mol. The summed E-state index contributed by atoms with van der Waals surface area (Å²) in [6.07, 6.45) is 3.21. The van der Waals surface area contributed by atoms with Crippen LogP contribution in [0.4, 0.5) is 0 Å². The second-order valence-electron chi connectivity index (χ2n) is 5.67. The molecule has 15 heavy (non-hydrogen) atoms. The van der Waals surface area contributed by atoms with E-state index >= 15 is 0 Å². The molecular formula is C13H22BrN. The predicted molar refractivity (Wildman–Crippen MR) is 67.8 cm³/mol. The second-order valence-corrected chi connectivity index (χ2v) is 6.78. The minimum atomic E-state index is 0.236. The van der Waals surface area contributed by atoms with Gasteiger partial charge in [-0.05, 0) is 36.0 Å². The smallest absolute Gasteiger partial charge is 0.0624 e. The Morgan fingerprint density at radius 1 is 1.33 bits per heavy atom. The van der Waals surface area contributed by atoms with Crippen molar-refractivity contribution in [3.8, 4) is 6.07 Å². The van der Waals surface area contributed by atoms with E-state index in [9.17, 15) is 0 Å². The van der Waals surface area contributed by atoms with Crippen molar-refractivity contribution in [3.63, 3.8) is 0 Å². The van der Waals surface area contributed by atoms with E-state index in [1.54, 1.807) is 0 Å². The highest BCUT2D eigenvalue weighted by molar-refractivity contribution is 9.09. The lowest BCUT2D eigenvalue weighted by Crippen LogP contribution is -2.35. The molecule has 1 aliphatic carbocycles. The van der Waals surface area contributed by atoms with Gasteiger partial charge >= 0.3 is 0 Å². The van der Waals surface area contributed by atoms with Gasteiger partial charge in [-0.15, -0.1) is 0 Å². The molecule has 1 nitrogen and oxygen atoms in total. The minimum absolute atomic E-state index is 0.236. The lowest BCUT2D eigenvalue weighted by atomic mass is 9.68. The fourth-order valence-corrected chi connectivity index (χ4v) is 3.50. The minimum Gasteiger partial charge on any atom is -0.198 e. The number of hydrogen-bond donors (Lipinski definition) is 0. The number of nitriles is 1. The molecule has 0 aliphatic heterocycles. The number of hydrogen-bond acceptors (Lipinski definition) is 1. The van der Waals surface area contributed by atoms with Crippen LogP contribution in [-0.4, -0.2) is 4.83 Å². The van der Waals surface area contributed by atoms with Gasteiger partial charge in [0.05, 0.1) is 6.07 Å². The van der Waals surface area contributed by atoms with E-state index in [0.717, 1.165) is 5.92 Å². The lowest BCUT2D eigenvalue weighted by Gasteiger charge is -2.39. The van der Waals surface area contributed by atoms with Crippen LogP contribution >= 0.6 is 15.9 Å². The molecule has 0 bridgehead atoms. The van der Waals surface area contributed by atoms with Crippen LogP contribution in [0.3, 0.4) is 0 Å². The summed E-state index contributed by atoms with van der Waals surface area (Å²) in [5.41, 5.74) is 0.236. The molecule has 4 atom stereocenters. The molecule has 1 saturated carbocycles. The summed E-state index contributed by atoms with van der Waals surface area (Å²) in [4.78, 5) is 0.552. The van der Waals surface area contributed by atoms with Gasteiger partial charge in [0, 0.05) is 11.2 Å². The Labute approximate surface area is 102 Å². The fraction of sp³-hybridized carbons (Fsp3) is 0.923. The zero-order chi connectivity index (χ0) is 11.6. The molecule has 86 valence electrons. The molecule has 0 aromatic carbocycles. The molecule has 4 unspecified atom stereocenters. The molecular weight excluding hydrogens is 250 g/mol. The third-order valence-electron chi connectivity index (χ3n) is 4.48. The molecule has 0 amide bonds. The van der Waals surface area contributed by atoms with Crippen molar-refractivity contribution in [2.45, 2.75) is 51.8 Å². The molecule has 0 radical (unpaired) electrons. The van der Waals surface area contributed by atoms with Crippen LogP contribution in [0.1, 0.15) is 47.0 Å². The quantitative estimate of drug-likeness (QED) is 0.513. The van der Waals surface area contributed by atoms with Crippen LogP contribution < -0.4 is 0 Å². The normalized spacial score (nSPS) is 40.5. The number of alkyl halides is 1. The molecule has 0 N–H and O–H groups in total. The first-order chi connectivity index (χ1) is 6.91. The van der Waals surface area contributed by atoms with Crippen molar-refractivity contribution in [2.75, 3.05) is 0 Å². The first-order valence-electron chi connectivity index (χ1n) is 5.92. The fourth-order valence-electron chi connectivity index (χ4n) is 2.90. The highest BCUT2D eigenvalue weighted by Crippen LogP contribution is 2.48. The van der Waals surface area contributed by atoms with E-state index in [1.165, 1.54) is 12.8 Å². The van der Waals surface area contributed by atoms with Gasteiger partial charge in [-0.2, -0.15) is 5.26 Å². The zero-order valence-corrected chi connectivity index (χ0v) is 11.8. The summed E-state index contributed by atoms with van der Waals surface area (Å²) in [5, 5.41) is 8.97. The predicted octanol–water partition coefficient (Wildman–Crippen LogP) is 4.37. The molecule has 1 fully saturated rings. The summed E-state index contributed by atoms with van der Waals surface area (Å²) < 4.78 is 0. The Kier molecular flexibility index (Phi) is 4.23. The molecule has 0 spiro atoms. The summed E-state index contributed by atoms with van der Waals surface area (Å²) >= 11 is 3.82. The first-order valence-corrected chi connectivity index (χ1v) is 6.83. The van der Waals surface area contributed by atoms with Gasteiger partial charge in [-0.3, -0.25) is 0 Å². The van der Waals surface area contributed by atoms with Crippen LogP contribution in [0.5, 0.6) is 0 Å². The number of rotatable bonds is 1. The third-order valence-corrected chi connectivity index (χ3v) is 6.12. The van der Waals surface area contributed by atoms with E-state index in [4.69, 9.17) is 5.26 Å². The van der Waals surface area contributed by atoms with Gasteiger partial charge in [0.2, 0.25) is 0 Å². The summed E-state index contributed by atoms with van der Waals surface area (Å²) in [6.45, 7) is 9.27. The Morgan fingerprint density at radius 3 is 2.47 bits per heavy atom. The largest absolute Gasteiger partial charge is 0.198 e. The van der Waals surface area contributed by atoms with Crippen molar-refractivity contribution in [2.24, 2.45) is 23.2 Å². The van der Waals surface area contributed by atoms with E-state index in [2.05, 4.69) is 49.7 Å². The van der Waals surface area contributed by atoms with Crippen LogP contribution in [0.2, 0.25) is 0 Å². The average Bonchev–Trinajstić information content (AvgIpc) is 2.25. The molecule has 0 heterocycles. The summed E-state index contributed by atoms with van der Waals surface area (Å²) in [5.74, 6) is 1.91. The Balaban J connectivity index is 2.96. The maximum absolute atomic E-state index is 8.97. The number of halogens is 1. The molecule has 0 aromatic heterocycles. The van der Waals surface area contributed by atoms with E-state index in [-0.39, 0.29) is 5.41 Å². The van der Waals surface area contributed by atoms with Crippen LogP contribution in [0.15, 0.2) is 0 Å². The van der Waals surface area contributed by atoms with Crippen LogP contribution in [0, 0.1) is 34.5 Å². The van der Waals surface area contributed by atoms with E-state index in [0.29, 0.717) is 23.1 Å². The number of nitrogens with zero attached hydrogens (tertiary/aromatic N) is 1. The van der Waals surface area contributed by atoms with Gasteiger partial charge in [0.15, 0.2) is 0 Å². The molecule has 2 heteroatoms. The molecule has 1 aliphatic rings. The SMILES string of the molecule is CC1CCC(Br)C(C)(C)C(CC#N)C1C. The van der Waals surface area contributed by atoms with E-state index < -0.39 is 0 Å². The van der Waals surface area contributed by atoms with Crippen molar-refractivity contribution in [1.82, 2.24) is 0 Å². The van der Waals surface area contributed by atoms with E-state index in [1.807, 2.05) is 0 Å². The Hall–Kier alpha value is -0.0300. The van der Waals surface area contributed by atoms with Gasteiger partial charge in [0.25, 0.3) is 0 Å². The maximum atomic E-state index is 8.97. The highest BCUT2D eigenvalue weighted by Gasteiger charge is 2.42. The van der Waals surface area contributed by atoms with Crippen LogP contribution in [-0.2, 0) is 0 Å². The topological polar surface area (TPSA) is 23.8 Å². The van der Waals surface area contributed by atoms with Crippen LogP contribution in [0.25, 0.3) is 0 Å².